The van der Waals surface area contributed by atoms with Crippen molar-refractivity contribution in [3.8, 4) is 0 Å². The summed E-state index contributed by atoms with van der Waals surface area (Å²) in [5.74, 6) is -0.544. The van der Waals surface area contributed by atoms with Gasteiger partial charge in [0.15, 0.2) is 17.0 Å². The van der Waals surface area contributed by atoms with Gasteiger partial charge in [0.25, 0.3) is 11.5 Å². The number of pyridine rings is 1. The maximum absolute atomic E-state index is 12.9. The molecule has 0 aliphatic carbocycles. The van der Waals surface area contributed by atoms with Gasteiger partial charge in [0.1, 0.15) is 23.2 Å². The van der Waals surface area contributed by atoms with E-state index in [1.807, 2.05) is 24.3 Å². The van der Waals surface area contributed by atoms with Crippen LogP contribution in [0.25, 0.3) is 33.1 Å². The standard InChI is InChI=1S/C48H62N12O9/c1-5-6-11-37-59-40-42(34-9-7-8-10-35(34)57-43(40)49)60(37)29-48(3,4)28-53-39(62)18-20-67-22-24-69-25-23-68-21-19-50-38(61)17-16-36(47(65)66)58-45(63)31-12-14-32(15-13-31)51-26-33-27-52-44-41(56-33)46(64)55-30(2)54-44/h7-10,12-15,27,36,51H,5-6,11,16-26,28-29H2,1-4H3,(H2,49,57)(H,50,61)(H,53,62)(H,58,63)(H,65,66)(H,52,54,55,64)/t36-/m0/s1. The fourth-order valence-electron chi connectivity index (χ4n) is 7.42. The number of imidazole rings is 1. The topological polar surface area (TPSA) is 293 Å². The molecule has 6 aromatic rings. The Morgan fingerprint density at radius 3 is 2.32 bits per heavy atom. The maximum atomic E-state index is 12.9. The minimum absolute atomic E-state index is 0.104. The van der Waals surface area contributed by atoms with E-state index in [1.54, 1.807) is 19.1 Å². The number of hydrogen-bond acceptors (Lipinski definition) is 15. The number of rotatable bonds is 28. The Labute approximate surface area is 398 Å². The van der Waals surface area contributed by atoms with Crippen molar-refractivity contribution in [2.75, 3.05) is 63.8 Å². The van der Waals surface area contributed by atoms with Gasteiger partial charge in [-0.1, -0.05) is 45.4 Å². The fourth-order valence-corrected chi connectivity index (χ4v) is 7.42. The number of nitrogens with one attached hydrogen (secondary N) is 5. The molecule has 4 aromatic heterocycles. The van der Waals surface area contributed by atoms with E-state index in [4.69, 9.17) is 24.9 Å². The van der Waals surface area contributed by atoms with Crippen LogP contribution < -0.4 is 32.6 Å². The van der Waals surface area contributed by atoms with Crippen LogP contribution in [0.1, 0.15) is 80.6 Å². The predicted molar refractivity (Wildman–Crippen MR) is 260 cm³/mol. The zero-order valence-corrected chi connectivity index (χ0v) is 39.6. The van der Waals surface area contributed by atoms with Gasteiger partial charge in [-0.2, -0.15) is 0 Å². The Kier molecular flexibility index (Phi) is 18.4. The molecule has 69 heavy (non-hydrogen) atoms. The first-order valence-electron chi connectivity index (χ1n) is 23.1. The molecule has 6 rings (SSSR count). The van der Waals surface area contributed by atoms with Crippen molar-refractivity contribution in [3.63, 3.8) is 0 Å². The number of benzene rings is 2. The van der Waals surface area contributed by atoms with Crippen LogP contribution >= 0.6 is 0 Å². The monoisotopic (exact) mass is 950 g/mol. The first kappa shape index (κ1) is 51.3. The second-order valence-electron chi connectivity index (χ2n) is 17.3. The van der Waals surface area contributed by atoms with Crippen LogP contribution in [-0.2, 0) is 48.1 Å². The Bertz CT molecular complexity index is 2780. The van der Waals surface area contributed by atoms with Gasteiger partial charge >= 0.3 is 5.97 Å². The van der Waals surface area contributed by atoms with Gasteiger partial charge in [-0.15, -0.1) is 0 Å². The Morgan fingerprint density at radius 2 is 1.58 bits per heavy atom. The largest absolute Gasteiger partial charge is 0.480 e. The van der Waals surface area contributed by atoms with Crippen LogP contribution in [0, 0.1) is 12.3 Å². The van der Waals surface area contributed by atoms with Crippen LogP contribution in [-0.4, -0.2) is 122 Å². The lowest BCUT2D eigenvalue weighted by Gasteiger charge is -2.27. The SMILES string of the molecule is CCCCc1nc2c(N)nc3ccccc3c2n1CC(C)(C)CNC(=O)CCOCCOCCOCCNC(=O)CC[C@H](NC(=O)c1ccc(NCc2cnc3nc(C)[nH]c(=O)c3n2)cc1)C(=O)O. The molecule has 2 aromatic carbocycles. The summed E-state index contributed by atoms with van der Waals surface area (Å²) in [7, 11) is 0. The molecule has 21 nitrogen and oxygen atoms in total. The third-order valence-electron chi connectivity index (χ3n) is 11.0. The molecule has 0 saturated heterocycles. The molecular weight excluding hydrogens is 889 g/mol. The number of amides is 3. The number of carboxylic acids is 1. The van der Waals surface area contributed by atoms with E-state index in [0.29, 0.717) is 61.5 Å². The number of carboxylic acid groups (broad SMARTS) is 1. The lowest BCUT2D eigenvalue weighted by Crippen LogP contribution is -2.41. The second kappa shape index (κ2) is 24.8. The number of nitrogens with two attached hydrogens (primary N) is 1. The van der Waals surface area contributed by atoms with Crippen molar-refractivity contribution in [2.24, 2.45) is 5.41 Å². The Hall–Kier alpha value is -7.10. The van der Waals surface area contributed by atoms with E-state index in [9.17, 15) is 29.1 Å². The number of carbonyl (C=O) groups is 4. The normalized spacial score (nSPS) is 12.1. The van der Waals surface area contributed by atoms with Crippen molar-refractivity contribution in [3.05, 3.63) is 88.0 Å². The molecule has 0 fully saturated rings. The van der Waals surface area contributed by atoms with Crippen LogP contribution in [0.4, 0.5) is 11.5 Å². The molecule has 0 aliphatic heterocycles. The van der Waals surface area contributed by atoms with Gasteiger partial charge in [0.2, 0.25) is 11.8 Å². The number of fused-ring (bicyclic) bond motifs is 4. The van der Waals surface area contributed by atoms with E-state index < -0.39 is 17.9 Å². The summed E-state index contributed by atoms with van der Waals surface area (Å²) in [6.45, 7) is 11.3. The number of H-pyrrole nitrogens is 1. The summed E-state index contributed by atoms with van der Waals surface area (Å²) in [6.07, 6.45) is 4.34. The molecule has 0 saturated carbocycles. The molecular formula is C48H62N12O9. The highest BCUT2D eigenvalue weighted by molar-refractivity contribution is 6.06. The molecule has 0 spiro atoms. The van der Waals surface area contributed by atoms with Gasteiger partial charge in [-0.05, 0) is 50.1 Å². The number of anilines is 2. The lowest BCUT2D eigenvalue weighted by atomic mass is 9.93. The number of hydrogen-bond donors (Lipinski definition) is 7. The lowest BCUT2D eigenvalue weighted by molar-refractivity contribution is -0.139. The Balaban J connectivity index is 0.787. The second-order valence-corrected chi connectivity index (χ2v) is 17.3. The number of unbranched alkanes of at least 4 members (excludes halogenated alkanes) is 1. The number of carbonyl (C=O) groups excluding carboxylic acids is 3. The molecule has 0 aliphatic rings. The fraction of sp³-hybridized carbons (Fsp3) is 0.458. The number of nitrogen functional groups attached to an aromatic ring is 1. The number of para-hydroxylation sites is 1. The highest BCUT2D eigenvalue weighted by atomic mass is 16.5. The number of aliphatic carboxylic acids is 1. The molecule has 0 radical (unpaired) electrons. The average molecular weight is 951 g/mol. The number of aromatic nitrogens is 7. The minimum Gasteiger partial charge on any atom is -0.480 e. The van der Waals surface area contributed by atoms with Crippen molar-refractivity contribution in [1.82, 2.24) is 50.4 Å². The van der Waals surface area contributed by atoms with Crippen LogP contribution in [0.5, 0.6) is 0 Å². The van der Waals surface area contributed by atoms with E-state index in [1.165, 1.54) is 18.3 Å². The van der Waals surface area contributed by atoms with Crippen molar-refractivity contribution in [2.45, 2.75) is 85.4 Å². The van der Waals surface area contributed by atoms with Gasteiger partial charge in [0.05, 0.1) is 69.1 Å². The van der Waals surface area contributed by atoms with Crippen LogP contribution in [0.3, 0.4) is 0 Å². The highest BCUT2D eigenvalue weighted by Crippen LogP contribution is 2.32. The van der Waals surface area contributed by atoms with E-state index in [-0.39, 0.29) is 91.7 Å². The molecule has 21 heteroatoms. The van der Waals surface area contributed by atoms with E-state index in [0.717, 1.165) is 41.5 Å². The van der Waals surface area contributed by atoms with Crippen molar-refractivity contribution in [1.29, 1.82) is 0 Å². The zero-order valence-electron chi connectivity index (χ0n) is 39.6. The summed E-state index contributed by atoms with van der Waals surface area (Å²) in [5.41, 5.74) is 9.96. The summed E-state index contributed by atoms with van der Waals surface area (Å²) in [6, 6.07) is 13.0. The first-order valence-corrected chi connectivity index (χ1v) is 23.1. The third kappa shape index (κ3) is 14.9. The van der Waals surface area contributed by atoms with Crippen LogP contribution in [0.15, 0.2) is 59.5 Å². The zero-order chi connectivity index (χ0) is 49.3. The first-order chi connectivity index (χ1) is 33.2. The maximum Gasteiger partial charge on any atom is 0.326 e. The van der Waals surface area contributed by atoms with E-state index >= 15 is 0 Å². The molecule has 0 unspecified atom stereocenters. The van der Waals surface area contributed by atoms with Gasteiger partial charge in [-0.25, -0.2) is 29.7 Å². The smallest absolute Gasteiger partial charge is 0.326 e. The number of aromatic amines is 1. The summed E-state index contributed by atoms with van der Waals surface area (Å²) in [5, 5.41) is 22.1. The number of aryl methyl sites for hydroxylation is 2. The summed E-state index contributed by atoms with van der Waals surface area (Å²) < 4.78 is 18.9. The molecule has 8 N–H and O–H groups in total. The highest BCUT2D eigenvalue weighted by Gasteiger charge is 2.26. The predicted octanol–water partition coefficient (Wildman–Crippen LogP) is 3.82. The molecule has 1 atom stereocenters. The number of ether oxygens (including phenoxy) is 3. The van der Waals surface area contributed by atoms with Gasteiger partial charge in [-0.3, -0.25) is 19.2 Å². The quantitative estimate of drug-likeness (QED) is 0.0344. The minimum atomic E-state index is -1.29. The van der Waals surface area contributed by atoms with Gasteiger partial charge < -0.3 is 55.9 Å². The average Bonchev–Trinajstić information content (AvgIpc) is 3.68. The third-order valence-corrected chi connectivity index (χ3v) is 11.0. The molecule has 3 amide bonds. The molecule has 4 heterocycles. The molecule has 0 bridgehead atoms. The summed E-state index contributed by atoms with van der Waals surface area (Å²) in [4.78, 5) is 86.9. The van der Waals surface area contributed by atoms with Crippen LogP contribution in [0.2, 0.25) is 0 Å². The molecule has 368 valence electrons. The van der Waals surface area contributed by atoms with Gasteiger partial charge in [0, 0.05) is 60.9 Å². The van der Waals surface area contributed by atoms with E-state index in [2.05, 4.69) is 71.5 Å². The number of nitrogens with zero attached hydrogens (tertiary/aromatic N) is 6. The summed E-state index contributed by atoms with van der Waals surface area (Å²) >= 11 is 0. The van der Waals surface area contributed by atoms with Crippen molar-refractivity contribution < 1.29 is 38.5 Å². The Morgan fingerprint density at radius 1 is 0.870 bits per heavy atom. The van der Waals surface area contributed by atoms with Crippen molar-refractivity contribution >= 4 is 68.3 Å².